The number of amides is 2. The van der Waals surface area contributed by atoms with Gasteiger partial charge in [-0.1, -0.05) is 32.4 Å². The van der Waals surface area contributed by atoms with E-state index in [-0.39, 0.29) is 11.4 Å². The van der Waals surface area contributed by atoms with Crippen LogP contribution < -0.4 is 0 Å². The summed E-state index contributed by atoms with van der Waals surface area (Å²) in [5, 5.41) is 0. The van der Waals surface area contributed by atoms with Gasteiger partial charge in [-0.15, -0.1) is 0 Å². The molecule has 6 aliphatic rings. The Morgan fingerprint density at radius 1 is 1.15 bits per heavy atom. The van der Waals surface area contributed by atoms with E-state index in [0.717, 1.165) is 24.3 Å². The molecule has 0 aromatic carbocycles. The molecule has 1 heterocycles. The third-order valence-electron chi connectivity index (χ3n) is 6.28. The Balaban J connectivity index is 1.60. The Kier molecular flexibility index (Phi) is 2.42. The van der Waals surface area contributed by atoms with E-state index < -0.39 is 0 Å². The number of urea groups is 1. The van der Waals surface area contributed by atoms with Crippen molar-refractivity contribution in [2.24, 2.45) is 23.2 Å². The van der Waals surface area contributed by atoms with Gasteiger partial charge in [-0.2, -0.15) is 0 Å². The molecule has 3 saturated carbocycles. The average Bonchev–Trinajstić information content (AvgIpc) is 2.67. The van der Waals surface area contributed by atoms with Crippen molar-refractivity contribution in [1.82, 2.24) is 9.80 Å². The van der Waals surface area contributed by atoms with Crippen LogP contribution in [0.15, 0.2) is 11.6 Å². The lowest BCUT2D eigenvalue weighted by atomic mass is 9.52. The minimum atomic E-state index is 0.155. The van der Waals surface area contributed by atoms with Crippen LogP contribution in [-0.4, -0.2) is 41.5 Å². The lowest BCUT2D eigenvalue weighted by molar-refractivity contribution is 0.0709. The van der Waals surface area contributed by atoms with Gasteiger partial charge >= 0.3 is 6.03 Å². The molecule has 1 aliphatic heterocycles. The second-order valence-corrected chi connectivity index (χ2v) is 8.45. The van der Waals surface area contributed by atoms with E-state index in [1.807, 2.05) is 11.9 Å². The van der Waals surface area contributed by atoms with E-state index >= 15 is 0 Å². The van der Waals surface area contributed by atoms with E-state index in [9.17, 15) is 4.79 Å². The van der Waals surface area contributed by atoms with Crippen LogP contribution in [0.4, 0.5) is 4.79 Å². The number of allylic oxidation sites excluding steroid dienone is 1. The Morgan fingerprint density at radius 2 is 1.80 bits per heavy atom. The molecule has 0 radical (unpaired) electrons. The topological polar surface area (TPSA) is 23.6 Å². The molecular formula is C17H26N2O. The number of carbonyl (C=O) groups excluding carboxylic acids is 1. The number of fused-ring (bicyclic) bond motifs is 1. The van der Waals surface area contributed by atoms with Gasteiger partial charge < -0.3 is 9.80 Å². The summed E-state index contributed by atoms with van der Waals surface area (Å²) in [5.41, 5.74) is 1.84. The third kappa shape index (κ3) is 1.55. The highest BCUT2D eigenvalue weighted by Crippen LogP contribution is 2.58. The first kappa shape index (κ1) is 12.7. The van der Waals surface area contributed by atoms with Crippen molar-refractivity contribution in [3.8, 4) is 0 Å². The summed E-state index contributed by atoms with van der Waals surface area (Å²) in [6, 6.07) is 0.969. The molecule has 3 unspecified atom stereocenters. The molecule has 2 amide bonds. The Labute approximate surface area is 122 Å². The fraction of sp³-hybridized carbons (Fsp3) is 0.824. The maximum absolute atomic E-state index is 12.7. The van der Waals surface area contributed by atoms with Crippen LogP contribution in [0.3, 0.4) is 0 Å². The minimum Gasteiger partial charge on any atom is -0.322 e. The lowest BCUT2D eigenvalue weighted by Gasteiger charge is -2.55. The first-order chi connectivity index (χ1) is 9.36. The number of carbonyl (C=O) groups is 1. The Hall–Kier alpha value is -0.990. The number of hydrogen-bond acceptors (Lipinski definition) is 1. The molecule has 4 fully saturated rings. The molecule has 0 aromatic rings. The van der Waals surface area contributed by atoms with Gasteiger partial charge in [0.2, 0.25) is 0 Å². The van der Waals surface area contributed by atoms with Gasteiger partial charge in [0, 0.05) is 13.6 Å². The van der Waals surface area contributed by atoms with Gasteiger partial charge in [-0.25, -0.2) is 4.79 Å². The molecule has 0 N–H and O–H groups in total. The normalized spacial score (nSPS) is 42.9. The monoisotopic (exact) mass is 274 g/mol. The van der Waals surface area contributed by atoms with E-state index in [0.29, 0.717) is 12.1 Å². The summed E-state index contributed by atoms with van der Waals surface area (Å²) >= 11 is 0. The third-order valence-corrected chi connectivity index (χ3v) is 6.28. The second-order valence-electron chi connectivity index (χ2n) is 8.45. The fourth-order valence-electron chi connectivity index (χ4n) is 5.14. The van der Waals surface area contributed by atoms with Crippen LogP contribution in [0.5, 0.6) is 0 Å². The number of nitrogens with zero attached hydrogens (tertiary/aromatic N) is 2. The molecule has 4 bridgehead atoms. The maximum atomic E-state index is 12.7. The number of likely N-dealkylation sites (N-methyl/N-ethyl adjacent to an activating group) is 1. The summed E-state index contributed by atoms with van der Waals surface area (Å²) in [7, 11) is 1.98. The zero-order valence-electron chi connectivity index (χ0n) is 13.1. The fourth-order valence-corrected chi connectivity index (χ4v) is 5.14. The number of hydrogen-bond donors (Lipinski definition) is 0. The molecule has 4 atom stereocenters. The highest BCUT2D eigenvalue weighted by molar-refractivity contribution is 5.78. The van der Waals surface area contributed by atoms with Crippen molar-refractivity contribution in [3.63, 3.8) is 0 Å². The molecule has 1 saturated heterocycles. The number of rotatable bonds is 1. The van der Waals surface area contributed by atoms with Crippen LogP contribution in [0.2, 0.25) is 0 Å². The first-order valence-electron chi connectivity index (χ1n) is 8.11. The predicted octanol–water partition coefficient (Wildman–Crippen LogP) is 3.12. The lowest BCUT2D eigenvalue weighted by Crippen LogP contribution is -2.52. The van der Waals surface area contributed by atoms with Gasteiger partial charge in [0.05, 0.1) is 12.1 Å². The van der Waals surface area contributed by atoms with Crippen LogP contribution >= 0.6 is 0 Å². The average molecular weight is 274 g/mol. The summed E-state index contributed by atoms with van der Waals surface area (Å²) < 4.78 is 0. The Morgan fingerprint density at radius 3 is 2.25 bits per heavy atom. The smallest absolute Gasteiger partial charge is 0.320 e. The van der Waals surface area contributed by atoms with Gasteiger partial charge in [-0.3, -0.25) is 0 Å². The highest BCUT2D eigenvalue weighted by atomic mass is 16.2. The van der Waals surface area contributed by atoms with Gasteiger partial charge in [0.1, 0.15) is 0 Å². The van der Waals surface area contributed by atoms with Crippen LogP contribution in [0, 0.1) is 23.2 Å². The van der Waals surface area contributed by atoms with Crippen molar-refractivity contribution in [3.05, 3.63) is 11.6 Å². The van der Waals surface area contributed by atoms with E-state index in [1.165, 1.54) is 19.3 Å². The molecule has 110 valence electrons. The molecule has 3 heteroatoms. The van der Waals surface area contributed by atoms with Crippen molar-refractivity contribution in [2.75, 3.05) is 13.6 Å². The van der Waals surface area contributed by atoms with Crippen LogP contribution in [0.25, 0.3) is 0 Å². The van der Waals surface area contributed by atoms with E-state index in [1.54, 1.807) is 5.57 Å². The van der Waals surface area contributed by atoms with Crippen molar-refractivity contribution in [1.29, 1.82) is 0 Å². The standard InChI is InChI=1S/C17H26N2O/c1-17(2,3)15-9-19(16(20)18(15)4)14-8-13-10-5-11(13)7-12(14)6-10/h8,10-12,14-15H,5-7,9H2,1-4H3/t10?,11?,12?,14?,15-/m1/s1. The first-order valence-corrected chi connectivity index (χ1v) is 8.11. The molecule has 3 nitrogen and oxygen atoms in total. The molecule has 5 aliphatic carbocycles. The van der Waals surface area contributed by atoms with E-state index in [2.05, 4.69) is 31.7 Å². The molecule has 20 heavy (non-hydrogen) atoms. The summed E-state index contributed by atoms with van der Waals surface area (Å²) in [6.07, 6.45) is 6.56. The maximum Gasteiger partial charge on any atom is 0.320 e. The summed E-state index contributed by atoms with van der Waals surface area (Å²) in [6.45, 7) is 7.63. The van der Waals surface area contributed by atoms with Crippen molar-refractivity contribution in [2.45, 2.75) is 52.1 Å². The SMILES string of the molecule is CN1C(=O)N(C2C=C3C4CC3CC2C4)C[C@@H]1C(C)(C)C. The van der Waals surface area contributed by atoms with Crippen LogP contribution in [-0.2, 0) is 0 Å². The zero-order valence-corrected chi connectivity index (χ0v) is 13.1. The highest BCUT2D eigenvalue weighted by Gasteiger charge is 2.53. The van der Waals surface area contributed by atoms with Gasteiger partial charge in [0.15, 0.2) is 0 Å². The molecule has 0 aromatic heterocycles. The van der Waals surface area contributed by atoms with Crippen molar-refractivity contribution >= 4 is 6.03 Å². The summed E-state index contributed by atoms with van der Waals surface area (Å²) in [5.74, 6) is 2.49. The quantitative estimate of drug-likeness (QED) is 0.674. The molecule has 0 spiro atoms. The van der Waals surface area contributed by atoms with Gasteiger partial charge in [-0.05, 0) is 42.4 Å². The Bertz CT molecular complexity index is 476. The van der Waals surface area contributed by atoms with Crippen molar-refractivity contribution < 1.29 is 4.79 Å². The second kappa shape index (κ2) is 3.80. The molecule has 6 rings (SSSR count). The predicted molar refractivity (Wildman–Crippen MR) is 79.3 cm³/mol. The molecular weight excluding hydrogens is 248 g/mol. The summed E-state index contributed by atoms with van der Waals surface area (Å²) in [4.78, 5) is 16.8. The van der Waals surface area contributed by atoms with Crippen LogP contribution in [0.1, 0.15) is 40.0 Å². The minimum absolute atomic E-state index is 0.155. The van der Waals surface area contributed by atoms with Gasteiger partial charge in [0.25, 0.3) is 0 Å². The zero-order chi connectivity index (χ0) is 14.2. The largest absolute Gasteiger partial charge is 0.322 e. The van der Waals surface area contributed by atoms with E-state index in [4.69, 9.17) is 0 Å².